The van der Waals surface area contributed by atoms with Crippen LogP contribution in [0.25, 0.3) is 11.1 Å². The molecule has 1 N–H and O–H groups in total. The van der Waals surface area contributed by atoms with Gasteiger partial charge >= 0.3 is 0 Å². The highest BCUT2D eigenvalue weighted by Gasteiger charge is 2.13. The number of hydrogen-bond acceptors (Lipinski definition) is 1. The van der Waals surface area contributed by atoms with E-state index in [1.54, 1.807) is 12.1 Å². The lowest BCUT2D eigenvalue weighted by Gasteiger charge is -2.05. The number of rotatable bonds is 1. The van der Waals surface area contributed by atoms with Gasteiger partial charge in [-0.3, -0.25) is 0 Å². The van der Waals surface area contributed by atoms with Crippen molar-refractivity contribution in [1.82, 2.24) is 0 Å². The summed E-state index contributed by atoms with van der Waals surface area (Å²) in [6.45, 7) is 1.91. The molecule has 0 atom stereocenters. The summed E-state index contributed by atoms with van der Waals surface area (Å²) < 4.78 is 26.6. The maximum absolute atomic E-state index is 13.5. The van der Waals surface area contributed by atoms with Crippen LogP contribution < -0.4 is 0 Å². The minimum absolute atomic E-state index is 0.148. The Morgan fingerprint density at radius 2 is 1.50 bits per heavy atom. The zero-order valence-electron chi connectivity index (χ0n) is 8.67. The quantitative estimate of drug-likeness (QED) is 0.777. The zero-order valence-corrected chi connectivity index (χ0v) is 8.67. The van der Waals surface area contributed by atoms with Gasteiger partial charge < -0.3 is 5.11 Å². The van der Waals surface area contributed by atoms with E-state index in [0.717, 1.165) is 11.6 Å². The van der Waals surface area contributed by atoms with Gasteiger partial charge in [-0.25, -0.2) is 4.39 Å². The molecule has 0 aliphatic carbocycles. The van der Waals surface area contributed by atoms with Crippen molar-refractivity contribution in [3.05, 3.63) is 53.6 Å². The molecule has 2 rings (SSSR count). The highest BCUT2D eigenvalue weighted by molar-refractivity contribution is 5.65. The van der Waals surface area contributed by atoms with Crippen LogP contribution in [0.1, 0.15) is 5.56 Å². The van der Waals surface area contributed by atoms with Gasteiger partial charge in [0, 0.05) is 5.56 Å². The second-order valence-electron chi connectivity index (χ2n) is 3.63. The Balaban J connectivity index is 2.57. The second-order valence-corrected chi connectivity index (χ2v) is 3.63. The first-order chi connectivity index (χ1) is 7.59. The van der Waals surface area contributed by atoms with E-state index in [4.69, 9.17) is 5.11 Å². The van der Waals surface area contributed by atoms with E-state index in [-0.39, 0.29) is 5.56 Å². The molecule has 0 bridgehead atoms. The Labute approximate surface area is 92.0 Å². The first-order valence-corrected chi connectivity index (χ1v) is 4.83. The zero-order chi connectivity index (χ0) is 11.7. The van der Waals surface area contributed by atoms with Gasteiger partial charge in [0.05, 0.1) is 0 Å². The van der Waals surface area contributed by atoms with Gasteiger partial charge in [0.15, 0.2) is 11.6 Å². The maximum Gasteiger partial charge on any atom is 0.200 e. The summed E-state index contributed by atoms with van der Waals surface area (Å²) >= 11 is 0. The molecule has 0 heterocycles. The predicted molar refractivity (Wildman–Crippen MR) is 58.2 cm³/mol. The topological polar surface area (TPSA) is 20.2 Å². The van der Waals surface area contributed by atoms with Crippen LogP contribution in [-0.4, -0.2) is 5.11 Å². The van der Waals surface area contributed by atoms with Crippen molar-refractivity contribution < 1.29 is 13.9 Å². The number of phenolic OH excluding ortho intramolecular Hbond substituents is 1. The molecule has 0 saturated carbocycles. The molecular formula is C13H10F2O. The van der Waals surface area contributed by atoms with Gasteiger partial charge in [-0.2, -0.15) is 4.39 Å². The molecule has 3 heteroatoms. The van der Waals surface area contributed by atoms with E-state index in [2.05, 4.69) is 0 Å². The van der Waals surface area contributed by atoms with E-state index in [1.165, 1.54) is 6.07 Å². The van der Waals surface area contributed by atoms with Crippen LogP contribution in [0.15, 0.2) is 36.4 Å². The average Bonchev–Trinajstić information content (AvgIpc) is 2.28. The van der Waals surface area contributed by atoms with Crippen molar-refractivity contribution >= 4 is 0 Å². The molecule has 0 amide bonds. The molecule has 0 unspecified atom stereocenters. The van der Waals surface area contributed by atoms with E-state index in [9.17, 15) is 8.78 Å². The summed E-state index contributed by atoms with van der Waals surface area (Å²) in [6, 6.07) is 9.57. The maximum atomic E-state index is 13.5. The number of phenols is 1. The monoisotopic (exact) mass is 220 g/mol. The van der Waals surface area contributed by atoms with Crippen LogP contribution in [0.2, 0.25) is 0 Å². The van der Waals surface area contributed by atoms with Crippen LogP contribution in [0.3, 0.4) is 0 Å². The first kappa shape index (κ1) is 10.6. The van der Waals surface area contributed by atoms with Gasteiger partial charge in [-0.05, 0) is 24.6 Å². The molecule has 82 valence electrons. The molecule has 0 spiro atoms. The van der Waals surface area contributed by atoms with E-state index >= 15 is 0 Å². The van der Waals surface area contributed by atoms with Gasteiger partial charge in [0.2, 0.25) is 5.82 Å². The van der Waals surface area contributed by atoms with E-state index in [1.807, 2.05) is 19.1 Å². The number of aromatic hydroxyl groups is 1. The molecule has 0 radical (unpaired) electrons. The summed E-state index contributed by atoms with van der Waals surface area (Å²) in [4.78, 5) is 0. The summed E-state index contributed by atoms with van der Waals surface area (Å²) in [5.74, 6) is -2.91. The molecule has 0 aliphatic heterocycles. The van der Waals surface area contributed by atoms with Crippen LogP contribution in [0.5, 0.6) is 5.75 Å². The Morgan fingerprint density at radius 1 is 0.875 bits per heavy atom. The Morgan fingerprint density at radius 3 is 2.12 bits per heavy atom. The molecule has 16 heavy (non-hydrogen) atoms. The fourth-order valence-electron chi connectivity index (χ4n) is 1.50. The predicted octanol–water partition coefficient (Wildman–Crippen LogP) is 3.65. The number of benzene rings is 2. The minimum atomic E-state index is -1.21. The SMILES string of the molecule is Cc1ccc(-c2ccc(O)c(F)c2F)cc1. The lowest BCUT2D eigenvalue weighted by atomic mass is 10.0. The largest absolute Gasteiger partial charge is 0.505 e. The van der Waals surface area contributed by atoms with Crippen molar-refractivity contribution in [2.75, 3.05) is 0 Å². The summed E-state index contributed by atoms with van der Waals surface area (Å²) in [5, 5.41) is 9.00. The third-order valence-corrected chi connectivity index (χ3v) is 2.42. The number of aryl methyl sites for hydroxylation is 1. The Bertz CT molecular complexity index is 518. The van der Waals surface area contributed by atoms with Crippen LogP contribution in [-0.2, 0) is 0 Å². The Hall–Kier alpha value is -1.90. The average molecular weight is 220 g/mol. The lowest BCUT2D eigenvalue weighted by Crippen LogP contribution is -1.90. The van der Waals surface area contributed by atoms with E-state index < -0.39 is 17.4 Å². The Kier molecular flexibility index (Phi) is 2.60. The molecule has 0 fully saturated rings. The van der Waals surface area contributed by atoms with Gasteiger partial charge in [0.1, 0.15) is 0 Å². The van der Waals surface area contributed by atoms with Crippen molar-refractivity contribution in [2.45, 2.75) is 6.92 Å². The smallest absolute Gasteiger partial charge is 0.200 e. The molecule has 0 aromatic heterocycles. The fourth-order valence-corrected chi connectivity index (χ4v) is 1.50. The lowest BCUT2D eigenvalue weighted by molar-refractivity contribution is 0.408. The standard InChI is InChI=1S/C13H10F2O/c1-8-2-4-9(5-3-8)10-6-7-11(16)13(15)12(10)14/h2-7,16H,1H3. The van der Waals surface area contributed by atoms with E-state index in [0.29, 0.717) is 5.56 Å². The normalized spacial score (nSPS) is 10.4. The minimum Gasteiger partial charge on any atom is -0.505 e. The van der Waals surface area contributed by atoms with Crippen LogP contribution in [0, 0.1) is 18.6 Å². The fraction of sp³-hybridized carbons (Fsp3) is 0.0769. The number of hydrogen-bond donors (Lipinski definition) is 1. The third-order valence-electron chi connectivity index (χ3n) is 2.42. The van der Waals surface area contributed by atoms with Crippen LogP contribution in [0.4, 0.5) is 8.78 Å². The number of halogens is 2. The molecule has 0 saturated heterocycles. The van der Waals surface area contributed by atoms with Crippen LogP contribution >= 0.6 is 0 Å². The van der Waals surface area contributed by atoms with Gasteiger partial charge in [-0.1, -0.05) is 29.8 Å². The van der Waals surface area contributed by atoms with Gasteiger partial charge in [-0.15, -0.1) is 0 Å². The van der Waals surface area contributed by atoms with Crippen molar-refractivity contribution in [1.29, 1.82) is 0 Å². The van der Waals surface area contributed by atoms with Gasteiger partial charge in [0.25, 0.3) is 0 Å². The second kappa shape index (κ2) is 3.93. The molecule has 1 nitrogen and oxygen atoms in total. The molecule has 2 aromatic rings. The summed E-state index contributed by atoms with van der Waals surface area (Å²) in [5.41, 5.74) is 1.78. The summed E-state index contributed by atoms with van der Waals surface area (Å²) in [6.07, 6.45) is 0. The molecular weight excluding hydrogens is 210 g/mol. The van der Waals surface area contributed by atoms with Crippen molar-refractivity contribution in [3.8, 4) is 16.9 Å². The van der Waals surface area contributed by atoms with Crippen molar-refractivity contribution in [2.24, 2.45) is 0 Å². The highest BCUT2D eigenvalue weighted by Crippen LogP contribution is 2.29. The first-order valence-electron chi connectivity index (χ1n) is 4.83. The highest BCUT2D eigenvalue weighted by atomic mass is 19.2. The third kappa shape index (κ3) is 1.76. The molecule has 2 aromatic carbocycles. The summed E-state index contributed by atoms with van der Waals surface area (Å²) in [7, 11) is 0. The molecule has 0 aliphatic rings. The van der Waals surface area contributed by atoms with Crippen molar-refractivity contribution in [3.63, 3.8) is 0 Å².